The van der Waals surface area contributed by atoms with Crippen LogP contribution in [0.2, 0.25) is 10.0 Å². The number of aliphatic hydroxyl groups excluding tert-OH is 1. The quantitative estimate of drug-likeness (QED) is 0.805. The molecule has 1 aromatic carbocycles. The smallest absolute Gasteiger partial charge is 0.312 e. The van der Waals surface area contributed by atoms with Crippen LogP contribution in [0.3, 0.4) is 0 Å². The van der Waals surface area contributed by atoms with Crippen molar-refractivity contribution in [3.05, 3.63) is 33.8 Å². The monoisotopic (exact) mass is 330 g/mol. The summed E-state index contributed by atoms with van der Waals surface area (Å²) in [7, 11) is 0. The third-order valence-corrected chi connectivity index (χ3v) is 3.86. The van der Waals surface area contributed by atoms with E-state index < -0.39 is 11.8 Å². The first-order chi connectivity index (χ1) is 10.0. The van der Waals surface area contributed by atoms with Crippen molar-refractivity contribution in [3.8, 4) is 0 Å². The maximum atomic E-state index is 12.1. The van der Waals surface area contributed by atoms with E-state index in [4.69, 9.17) is 28.3 Å². The Kier molecular flexibility index (Phi) is 5.45. The summed E-state index contributed by atoms with van der Waals surface area (Å²) < 4.78 is 0. The van der Waals surface area contributed by atoms with Gasteiger partial charge in [0.15, 0.2) is 0 Å². The average molecular weight is 331 g/mol. The normalized spacial score (nSPS) is 13.9. The fourth-order valence-electron chi connectivity index (χ4n) is 1.85. The lowest BCUT2D eigenvalue weighted by molar-refractivity contribution is -0.146. The molecule has 0 aromatic heterocycles. The first kappa shape index (κ1) is 16.1. The number of carbonyl (C=O) groups is 2. The van der Waals surface area contributed by atoms with Crippen molar-refractivity contribution in [2.45, 2.75) is 25.4 Å². The summed E-state index contributed by atoms with van der Waals surface area (Å²) in [6.45, 7) is 0.0509. The van der Waals surface area contributed by atoms with Crippen molar-refractivity contribution in [2.75, 3.05) is 13.2 Å². The Hall–Kier alpha value is -1.30. The fourth-order valence-corrected chi connectivity index (χ4v) is 2.17. The Morgan fingerprint density at radius 2 is 2.00 bits per heavy atom. The molecule has 0 heterocycles. The second-order valence-corrected chi connectivity index (χ2v) is 5.76. The summed E-state index contributed by atoms with van der Waals surface area (Å²) in [6, 6.07) is 5.11. The molecule has 2 amide bonds. The summed E-state index contributed by atoms with van der Waals surface area (Å²) in [6.07, 6.45) is 1.82. The number of amides is 2. The van der Waals surface area contributed by atoms with Gasteiger partial charge in [0.1, 0.15) is 0 Å². The average Bonchev–Trinajstić information content (AvgIpc) is 3.25. The van der Waals surface area contributed by atoms with E-state index in [-0.39, 0.29) is 25.7 Å². The summed E-state index contributed by atoms with van der Waals surface area (Å²) >= 11 is 11.8. The number of nitrogens with one attached hydrogen (secondary N) is 1. The largest absolute Gasteiger partial charge is 0.395 e. The molecule has 1 saturated carbocycles. The molecular formula is C14H16Cl2N2O3. The summed E-state index contributed by atoms with van der Waals surface area (Å²) in [5.74, 6) is -1.28. The Morgan fingerprint density at radius 3 is 2.57 bits per heavy atom. The molecule has 2 N–H and O–H groups in total. The van der Waals surface area contributed by atoms with Gasteiger partial charge in [-0.05, 0) is 30.5 Å². The van der Waals surface area contributed by atoms with Crippen LogP contribution >= 0.6 is 23.2 Å². The minimum absolute atomic E-state index is 0.0805. The minimum atomic E-state index is -0.651. The third-order valence-electron chi connectivity index (χ3n) is 3.12. The number of hydrogen-bond acceptors (Lipinski definition) is 3. The molecule has 1 aliphatic carbocycles. The van der Waals surface area contributed by atoms with Gasteiger partial charge in [0.2, 0.25) is 0 Å². The molecule has 0 bridgehead atoms. The molecule has 1 aromatic rings. The number of carbonyl (C=O) groups excluding carboxylic acids is 2. The molecule has 0 aliphatic heterocycles. The molecule has 0 saturated heterocycles. The maximum absolute atomic E-state index is 12.1. The van der Waals surface area contributed by atoms with E-state index >= 15 is 0 Å². The number of halogens is 2. The standard InChI is InChI=1S/C14H16Cl2N2O3/c15-11-4-1-9(7-12(11)16)8-18(5-6-19)14(21)13(20)17-10-2-3-10/h1,4,7,10,19H,2-3,5-6,8H2,(H,17,20). The molecule has 7 heteroatoms. The van der Waals surface area contributed by atoms with Crippen molar-refractivity contribution < 1.29 is 14.7 Å². The van der Waals surface area contributed by atoms with E-state index in [0.29, 0.717) is 10.0 Å². The van der Waals surface area contributed by atoms with Gasteiger partial charge in [0.05, 0.1) is 16.7 Å². The topological polar surface area (TPSA) is 69.6 Å². The van der Waals surface area contributed by atoms with Gasteiger partial charge in [0.25, 0.3) is 0 Å². The van der Waals surface area contributed by atoms with E-state index in [1.54, 1.807) is 18.2 Å². The molecule has 0 spiro atoms. The molecule has 0 unspecified atom stereocenters. The summed E-state index contributed by atoms with van der Waals surface area (Å²) in [5, 5.41) is 12.5. The molecule has 2 rings (SSSR count). The lowest BCUT2D eigenvalue weighted by atomic mass is 10.2. The zero-order valence-electron chi connectivity index (χ0n) is 11.3. The van der Waals surface area contributed by atoms with Crippen molar-refractivity contribution in [1.82, 2.24) is 10.2 Å². The molecular weight excluding hydrogens is 315 g/mol. The van der Waals surface area contributed by atoms with Gasteiger partial charge < -0.3 is 15.3 Å². The van der Waals surface area contributed by atoms with Crippen LogP contribution in [0.15, 0.2) is 18.2 Å². The van der Waals surface area contributed by atoms with Crippen LogP contribution < -0.4 is 5.32 Å². The van der Waals surface area contributed by atoms with E-state index in [9.17, 15) is 9.59 Å². The molecule has 0 atom stereocenters. The number of rotatable bonds is 5. The van der Waals surface area contributed by atoms with Gasteiger partial charge in [0, 0.05) is 19.1 Å². The number of aliphatic hydroxyl groups is 1. The van der Waals surface area contributed by atoms with Gasteiger partial charge >= 0.3 is 11.8 Å². The summed E-state index contributed by atoms with van der Waals surface area (Å²) in [4.78, 5) is 25.2. The minimum Gasteiger partial charge on any atom is -0.395 e. The van der Waals surface area contributed by atoms with E-state index in [2.05, 4.69) is 5.32 Å². The number of nitrogens with zero attached hydrogens (tertiary/aromatic N) is 1. The first-order valence-corrected chi connectivity index (χ1v) is 7.41. The van der Waals surface area contributed by atoms with Crippen molar-refractivity contribution >= 4 is 35.0 Å². The first-order valence-electron chi connectivity index (χ1n) is 6.66. The number of hydrogen-bond donors (Lipinski definition) is 2. The van der Waals surface area contributed by atoms with E-state index in [1.165, 1.54) is 4.90 Å². The van der Waals surface area contributed by atoms with Crippen LogP contribution in [0, 0.1) is 0 Å². The Labute approximate surface area is 132 Å². The van der Waals surface area contributed by atoms with Crippen LogP contribution in [-0.2, 0) is 16.1 Å². The molecule has 5 nitrogen and oxygen atoms in total. The van der Waals surface area contributed by atoms with Crippen LogP contribution in [0.4, 0.5) is 0 Å². The van der Waals surface area contributed by atoms with Gasteiger partial charge in [-0.1, -0.05) is 29.3 Å². The lowest BCUT2D eigenvalue weighted by Crippen LogP contribution is -2.44. The van der Waals surface area contributed by atoms with E-state index in [0.717, 1.165) is 18.4 Å². The Morgan fingerprint density at radius 1 is 1.29 bits per heavy atom. The van der Waals surface area contributed by atoms with Crippen LogP contribution in [0.5, 0.6) is 0 Å². The van der Waals surface area contributed by atoms with Gasteiger partial charge in [-0.25, -0.2) is 0 Å². The highest BCUT2D eigenvalue weighted by atomic mass is 35.5. The van der Waals surface area contributed by atoms with Gasteiger partial charge in [-0.3, -0.25) is 9.59 Å². The van der Waals surface area contributed by atoms with E-state index in [1.807, 2.05) is 0 Å². The second-order valence-electron chi connectivity index (χ2n) is 4.95. The Balaban J connectivity index is 2.04. The third kappa shape index (κ3) is 4.59. The van der Waals surface area contributed by atoms with Gasteiger partial charge in [-0.2, -0.15) is 0 Å². The van der Waals surface area contributed by atoms with Crippen molar-refractivity contribution in [1.29, 1.82) is 0 Å². The molecule has 0 radical (unpaired) electrons. The highest BCUT2D eigenvalue weighted by Crippen LogP contribution is 2.23. The summed E-state index contributed by atoms with van der Waals surface area (Å²) in [5.41, 5.74) is 0.741. The van der Waals surface area contributed by atoms with Crippen molar-refractivity contribution in [3.63, 3.8) is 0 Å². The highest BCUT2D eigenvalue weighted by molar-refractivity contribution is 6.42. The fraction of sp³-hybridized carbons (Fsp3) is 0.429. The predicted octanol–water partition coefficient (Wildman–Crippen LogP) is 1.59. The maximum Gasteiger partial charge on any atom is 0.312 e. The van der Waals surface area contributed by atoms with Gasteiger partial charge in [-0.15, -0.1) is 0 Å². The number of benzene rings is 1. The predicted molar refractivity (Wildman–Crippen MR) is 80.1 cm³/mol. The van der Waals surface area contributed by atoms with Crippen LogP contribution in [0.1, 0.15) is 18.4 Å². The molecule has 1 aliphatic rings. The highest BCUT2D eigenvalue weighted by Gasteiger charge is 2.29. The zero-order chi connectivity index (χ0) is 15.4. The second kappa shape index (κ2) is 7.11. The Bertz CT molecular complexity index is 547. The lowest BCUT2D eigenvalue weighted by Gasteiger charge is -2.21. The SMILES string of the molecule is O=C(NC1CC1)C(=O)N(CCO)Cc1ccc(Cl)c(Cl)c1. The van der Waals surface area contributed by atoms with Crippen LogP contribution in [-0.4, -0.2) is 41.0 Å². The molecule has 21 heavy (non-hydrogen) atoms. The molecule has 114 valence electrons. The van der Waals surface area contributed by atoms with Crippen LogP contribution in [0.25, 0.3) is 0 Å². The van der Waals surface area contributed by atoms with Crippen molar-refractivity contribution in [2.24, 2.45) is 0 Å². The molecule has 1 fully saturated rings. The zero-order valence-corrected chi connectivity index (χ0v) is 12.8.